The molecule has 0 radical (unpaired) electrons. The molecule has 1 aromatic rings. The van der Waals surface area contributed by atoms with Crippen molar-refractivity contribution < 1.29 is 29.0 Å². The van der Waals surface area contributed by atoms with Gasteiger partial charge in [-0.05, 0) is 26.0 Å². The van der Waals surface area contributed by atoms with Gasteiger partial charge in [0.25, 0.3) is 5.91 Å². The maximum Gasteiger partial charge on any atom is 0.326 e. The summed E-state index contributed by atoms with van der Waals surface area (Å²) in [5, 5.41) is 11.8. The largest absolute Gasteiger partial charge is 0.480 e. The summed E-state index contributed by atoms with van der Waals surface area (Å²) in [6.07, 6.45) is -0.719. The summed E-state index contributed by atoms with van der Waals surface area (Å²) in [6, 6.07) is 6.00. The predicted molar refractivity (Wildman–Crippen MR) is 101 cm³/mol. The number of carbonyl (C=O) groups is 4. The van der Waals surface area contributed by atoms with Gasteiger partial charge in [0.15, 0.2) is 6.10 Å². The minimum absolute atomic E-state index is 0.0511. The van der Waals surface area contributed by atoms with Crippen LogP contribution in [0.3, 0.4) is 0 Å². The van der Waals surface area contributed by atoms with Gasteiger partial charge in [-0.25, -0.2) is 4.79 Å². The summed E-state index contributed by atoms with van der Waals surface area (Å²) in [5.41, 5.74) is 0.578. The molecule has 9 heteroatoms. The molecule has 2 N–H and O–H groups in total. The summed E-state index contributed by atoms with van der Waals surface area (Å²) in [6.45, 7) is 4.70. The minimum Gasteiger partial charge on any atom is -0.480 e. The van der Waals surface area contributed by atoms with Gasteiger partial charge >= 0.3 is 5.97 Å². The molecule has 152 valence electrons. The number of rotatable bonds is 8. The van der Waals surface area contributed by atoms with Crippen LogP contribution in [0.15, 0.2) is 24.3 Å². The van der Waals surface area contributed by atoms with E-state index in [-0.39, 0.29) is 37.9 Å². The Balaban J connectivity index is 2.09. The topological polar surface area (TPSA) is 116 Å². The highest BCUT2D eigenvalue weighted by Crippen LogP contribution is 2.33. The van der Waals surface area contributed by atoms with Crippen LogP contribution in [0.1, 0.15) is 27.2 Å². The zero-order valence-electron chi connectivity index (χ0n) is 16.2. The number of hydrogen-bond acceptors (Lipinski definition) is 5. The van der Waals surface area contributed by atoms with Crippen molar-refractivity contribution in [1.82, 2.24) is 10.2 Å². The third kappa shape index (κ3) is 4.99. The van der Waals surface area contributed by atoms with Crippen LogP contribution in [0.4, 0.5) is 5.69 Å². The van der Waals surface area contributed by atoms with Gasteiger partial charge in [0, 0.05) is 33.0 Å². The Kier molecular flexibility index (Phi) is 6.97. The number of fused-ring (bicyclic) bond motifs is 1. The highest BCUT2D eigenvalue weighted by molar-refractivity contribution is 6.00. The van der Waals surface area contributed by atoms with E-state index in [0.29, 0.717) is 11.4 Å². The Morgan fingerprint density at radius 2 is 2.00 bits per heavy atom. The van der Waals surface area contributed by atoms with Crippen molar-refractivity contribution in [2.75, 3.05) is 24.5 Å². The Bertz CT molecular complexity index is 766. The molecule has 2 unspecified atom stereocenters. The second-order valence-corrected chi connectivity index (χ2v) is 6.55. The lowest BCUT2D eigenvalue weighted by Crippen LogP contribution is -2.49. The molecule has 0 fully saturated rings. The van der Waals surface area contributed by atoms with Gasteiger partial charge in [-0.15, -0.1) is 0 Å². The van der Waals surface area contributed by atoms with E-state index in [2.05, 4.69) is 5.32 Å². The minimum atomic E-state index is -1.14. The zero-order valence-corrected chi connectivity index (χ0v) is 16.2. The maximum absolute atomic E-state index is 12.7. The van der Waals surface area contributed by atoms with Gasteiger partial charge in [-0.3, -0.25) is 14.4 Å². The number of benzene rings is 1. The molecule has 1 heterocycles. The third-order valence-electron chi connectivity index (χ3n) is 4.49. The maximum atomic E-state index is 12.7. The number of aliphatic carboxylic acids is 1. The molecule has 0 aromatic heterocycles. The average molecular weight is 391 g/mol. The Hall–Kier alpha value is -3.10. The summed E-state index contributed by atoms with van der Waals surface area (Å²) in [4.78, 5) is 50.2. The van der Waals surface area contributed by atoms with Crippen molar-refractivity contribution in [2.45, 2.75) is 39.3 Å². The number of carbonyl (C=O) groups excluding carboxylic acids is 3. The van der Waals surface area contributed by atoms with Crippen LogP contribution in [-0.2, 0) is 19.2 Å². The van der Waals surface area contributed by atoms with Gasteiger partial charge in [-0.2, -0.15) is 0 Å². The monoisotopic (exact) mass is 391 g/mol. The summed E-state index contributed by atoms with van der Waals surface area (Å²) in [7, 11) is 0. The van der Waals surface area contributed by atoms with Crippen molar-refractivity contribution in [1.29, 1.82) is 0 Å². The van der Waals surface area contributed by atoms with E-state index in [1.807, 2.05) is 0 Å². The summed E-state index contributed by atoms with van der Waals surface area (Å²) < 4.78 is 5.57. The fourth-order valence-electron chi connectivity index (χ4n) is 2.96. The summed E-state index contributed by atoms with van der Waals surface area (Å²) in [5.74, 6) is -1.52. The van der Waals surface area contributed by atoms with Crippen molar-refractivity contribution in [2.24, 2.45) is 0 Å². The second-order valence-electron chi connectivity index (χ2n) is 6.55. The van der Waals surface area contributed by atoms with E-state index in [1.54, 1.807) is 31.2 Å². The molecule has 2 atom stereocenters. The molecule has 28 heavy (non-hydrogen) atoms. The average Bonchev–Trinajstić information content (AvgIpc) is 2.64. The van der Waals surface area contributed by atoms with Crippen LogP contribution >= 0.6 is 0 Å². The van der Waals surface area contributed by atoms with Gasteiger partial charge in [-0.1, -0.05) is 12.1 Å². The fraction of sp³-hybridized carbons (Fsp3) is 0.474. The van der Waals surface area contributed by atoms with Gasteiger partial charge in [0.05, 0.1) is 5.69 Å². The number of amides is 3. The summed E-state index contributed by atoms with van der Waals surface area (Å²) >= 11 is 0. The first-order valence-electron chi connectivity index (χ1n) is 9.06. The molecule has 1 aliphatic rings. The van der Waals surface area contributed by atoms with Crippen LogP contribution in [0.5, 0.6) is 5.75 Å². The lowest BCUT2D eigenvalue weighted by atomic mass is 10.1. The molecular weight excluding hydrogens is 366 g/mol. The number of anilines is 1. The lowest BCUT2D eigenvalue weighted by molar-refractivity contribution is -0.149. The van der Waals surface area contributed by atoms with E-state index in [0.717, 1.165) is 0 Å². The van der Waals surface area contributed by atoms with E-state index in [9.17, 15) is 24.3 Å². The Labute approximate surface area is 163 Å². The Morgan fingerprint density at radius 1 is 1.32 bits per heavy atom. The van der Waals surface area contributed by atoms with Crippen LogP contribution in [0.25, 0.3) is 0 Å². The highest BCUT2D eigenvalue weighted by atomic mass is 16.5. The van der Waals surface area contributed by atoms with Crippen LogP contribution in [0, 0.1) is 0 Å². The molecule has 0 saturated carbocycles. The first-order chi connectivity index (χ1) is 13.2. The molecule has 0 spiro atoms. The van der Waals surface area contributed by atoms with Crippen LogP contribution in [-0.4, -0.2) is 65.5 Å². The first kappa shape index (κ1) is 21.2. The van der Waals surface area contributed by atoms with E-state index < -0.39 is 24.0 Å². The standard InChI is InChI=1S/C19H25N3O6/c1-12(19(26)27)21(11-9-20-14(3)23)17(24)8-10-22-15-6-4-5-7-16(15)28-13(2)18(22)25/h4-7,12-13H,8-11H2,1-3H3,(H,20,23)(H,26,27). The normalized spacial score (nSPS) is 16.6. The molecule has 0 saturated heterocycles. The van der Waals surface area contributed by atoms with Gasteiger partial charge in [0.1, 0.15) is 11.8 Å². The van der Waals surface area contributed by atoms with Crippen LogP contribution < -0.4 is 15.0 Å². The second kappa shape index (κ2) is 9.20. The fourth-order valence-corrected chi connectivity index (χ4v) is 2.96. The van der Waals surface area contributed by atoms with Crippen molar-refractivity contribution in [3.8, 4) is 5.75 Å². The number of nitrogens with zero attached hydrogens (tertiary/aromatic N) is 2. The van der Waals surface area contributed by atoms with E-state index >= 15 is 0 Å². The number of para-hydroxylation sites is 2. The number of ether oxygens (including phenoxy) is 1. The molecule has 1 aliphatic heterocycles. The van der Waals surface area contributed by atoms with Gasteiger partial charge in [0.2, 0.25) is 11.8 Å². The first-order valence-corrected chi connectivity index (χ1v) is 9.06. The molecule has 0 bridgehead atoms. The van der Waals surface area contributed by atoms with Gasteiger partial charge < -0.3 is 25.0 Å². The van der Waals surface area contributed by atoms with E-state index in [4.69, 9.17) is 4.74 Å². The van der Waals surface area contributed by atoms with Crippen molar-refractivity contribution >= 4 is 29.4 Å². The molecule has 9 nitrogen and oxygen atoms in total. The molecular formula is C19H25N3O6. The van der Waals surface area contributed by atoms with Crippen molar-refractivity contribution in [3.05, 3.63) is 24.3 Å². The SMILES string of the molecule is CC(=O)NCCN(C(=O)CCN1C(=O)C(C)Oc2ccccc21)C(C)C(=O)O. The quantitative estimate of drug-likeness (QED) is 0.671. The van der Waals surface area contributed by atoms with Crippen LogP contribution in [0.2, 0.25) is 0 Å². The Morgan fingerprint density at radius 3 is 2.64 bits per heavy atom. The molecule has 1 aromatic carbocycles. The lowest BCUT2D eigenvalue weighted by Gasteiger charge is -2.33. The number of carboxylic acid groups (broad SMARTS) is 1. The predicted octanol–water partition coefficient (Wildman–Crippen LogP) is 0.628. The number of carboxylic acids is 1. The van der Waals surface area contributed by atoms with E-state index in [1.165, 1.54) is 23.6 Å². The molecule has 3 amide bonds. The highest BCUT2D eigenvalue weighted by Gasteiger charge is 2.32. The molecule has 2 rings (SSSR count). The van der Waals surface area contributed by atoms with Crippen molar-refractivity contribution in [3.63, 3.8) is 0 Å². The number of hydrogen-bond donors (Lipinski definition) is 2. The number of nitrogens with one attached hydrogen (secondary N) is 1. The molecule has 0 aliphatic carbocycles. The smallest absolute Gasteiger partial charge is 0.326 e. The zero-order chi connectivity index (χ0) is 20.8. The third-order valence-corrected chi connectivity index (χ3v) is 4.49.